The van der Waals surface area contributed by atoms with Gasteiger partial charge in [0.1, 0.15) is 6.04 Å². The number of hydrogen-bond acceptors (Lipinski definition) is 5. The number of rotatable bonds is 8. The molecule has 0 aliphatic rings. The summed E-state index contributed by atoms with van der Waals surface area (Å²) < 4.78 is 5.58. The normalized spacial score (nSPS) is 11.3. The molecule has 0 saturated carbocycles. The highest BCUT2D eigenvalue weighted by molar-refractivity contribution is 9.10. The Bertz CT molecular complexity index is 670. The molecular formula is C17H20BrN3O4. The molecule has 0 spiro atoms. The summed E-state index contributed by atoms with van der Waals surface area (Å²) in [4.78, 5) is 36.0. The Morgan fingerprint density at radius 1 is 1.28 bits per heavy atom. The van der Waals surface area contributed by atoms with E-state index in [0.717, 1.165) is 0 Å². The van der Waals surface area contributed by atoms with E-state index in [1.807, 2.05) is 6.07 Å². The van der Waals surface area contributed by atoms with Crippen molar-refractivity contribution in [1.29, 1.82) is 5.26 Å². The number of hydrogen-bond donors (Lipinski definition) is 2. The smallest absolute Gasteiger partial charge is 0.329 e. The zero-order valence-corrected chi connectivity index (χ0v) is 15.6. The number of ether oxygens (including phenoxy) is 1. The summed E-state index contributed by atoms with van der Waals surface area (Å²) in [6.45, 7) is 3.26. The molecule has 1 aromatic carbocycles. The van der Waals surface area contributed by atoms with E-state index in [9.17, 15) is 14.4 Å². The Balaban J connectivity index is 2.63. The van der Waals surface area contributed by atoms with Crippen LogP contribution >= 0.6 is 15.9 Å². The van der Waals surface area contributed by atoms with Crippen LogP contribution in [0.2, 0.25) is 0 Å². The van der Waals surface area contributed by atoms with Gasteiger partial charge in [-0.25, -0.2) is 4.79 Å². The second kappa shape index (κ2) is 10.5. The number of nitriles is 1. The Hall–Kier alpha value is -2.40. The molecule has 0 heterocycles. The minimum absolute atomic E-state index is 0.177. The lowest BCUT2D eigenvalue weighted by atomic mass is 10.0. The van der Waals surface area contributed by atoms with Gasteiger partial charge in [0.25, 0.3) is 11.8 Å². The van der Waals surface area contributed by atoms with Crippen molar-refractivity contribution >= 4 is 33.7 Å². The summed E-state index contributed by atoms with van der Waals surface area (Å²) in [5.74, 6) is -1.82. The van der Waals surface area contributed by atoms with Crippen LogP contribution in [0.5, 0.6) is 0 Å². The van der Waals surface area contributed by atoms with E-state index in [0.29, 0.717) is 10.0 Å². The largest absolute Gasteiger partial charge is 0.454 e. The van der Waals surface area contributed by atoms with E-state index in [1.54, 1.807) is 38.1 Å². The average Bonchev–Trinajstić information content (AvgIpc) is 2.57. The summed E-state index contributed by atoms with van der Waals surface area (Å²) in [5.41, 5.74) is 0.398. The van der Waals surface area contributed by atoms with E-state index in [-0.39, 0.29) is 18.9 Å². The Morgan fingerprint density at radius 3 is 2.56 bits per heavy atom. The third-order valence-electron chi connectivity index (χ3n) is 3.23. The summed E-state index contributed by atoms with van der Waals surface area (Å²) in [5, 5.41) is 13.5. The molecule has 8 heteroatoms. The molecule has 0 bridgehead atoms. The lowest BCUT2D eigenvalue weighted by Crippen LogP contribution is -2.46. The molecule has 0 fully saturated rings. The number of carbonyl (C=O) groups is 3. The molecule has 2 amide bonds. The molecule has 25 heavy (non-hydrogen) atoms. The average molecular weight is 410 g/mol. The second-order valence-corrected chi connectivity index (χ2v) is 6.40. The van der Waals surface area contributed by atoms with Crippen molar-refractivity contribution in [3.8, 4) is 6.07 Å². The molecule has 7 nitrogen and oxygen atoms in total. The van der Waals surface area contributed by atoms with E-state index >= 15 is 0 Å². The van der Waals surface area contributed by atoms with Crippen molar-refractivity contribution in [3.63, 3.8) is 0 Å². The minimum Gasteiger partial charge on any atom is -0.454 e. The number of carbonyl (C=O) groups excluding carboxylic acids is 3. The van der Waals surface area contributed by atoms with Gasteiger partial charge in [-0.05, 0) is 34.0 Å². The molecule has 1 rings (SSSR count). The lowest BCUT2D eigenvalue weighted by molar-refractivity contribution is -0.151. The SMILES string of the molecule is CC(C)[C@H](NC(=O)c1ccccc1Br)C(=O)OCC(=O)NCCC#N. The summed E-state index contributed by atoms with van der Waals surface area (Å²) in [6, 6.07) is 7.86. The third kappa shape index (κ3) is 6.93. The Kier molecular flexibility index (Phi) is 8.64. The summed E-state index contributed by atoms with van der Waals surface area (Å²) >= 11 is 3.29. The summed E-state index contributed by atoms with van der Waals surface area (Å²) in [7, 11) is 0. The molecule has 0 unspecified atom stereocenters. The van der Waals surface area contributed by atoms with Crippen molar-refractivity contribution in [3.05, 3.63) is 34.3 Å². The Morgan fingerprint density at radius 2 is 1.96 bits per heavy atom. The standard InChI is InChI=1S/C17H20BrN3O4/c1-11(2)15(17(24)25-10-14(22)20-9-5-8-19)21-16(23)12-6-3-4-7-13(12)18/h3-4,6-7,11,15H,5,9-10H2,1-2H3,(H,20,22)(H,21,23)/t15-/m0/s1. The maximum absolute atomic E-state index is 12.3. The lowest BCUT2D eigenvalue weighted by Gasteiger charge is -2.21. The first-order valence-electron chi connectivity index (χ1n) is 7.72. The van der Waals surface area contributed by atoms with Gasteiger partial charge < -0.3 is 15.4 Å². The van der Waals surface area contributed by atoms with E-state index in [4.69, 9.17) is 10.00 Å². The maximum Gasteiger partial charge on any atom is 0.329 e. The van der Waals surface area contributed by atoms with Crippen molar-refractivity contribution in [2.24, 2.45) is 5.92 Å². The second-order valence-electron chi connectivity index (χ2n) is 5.54. The fourth-order valence-corrected chi connectivity index (χ4v) is 2.36. The van der Waals surface area contributed by atoms with Crippen molar-refractivity contribution < 1.29 is 19.1 Å². The molecule has 0 aliphatic heterocycles. The highest BCUT2D eigenvalue weighted by atomic mass is 79.9. The molecule has 1 aromatic rings. The van der Waals surface area contributed by atoms with E-state index in [1.165, 1.54) is 0 Å². The fourth-order valence-electron chi connectivity index (χ4n) is 1.90. The first-order chi connectivity index (χ1) is 11.9. The number of nitrogens with zero attached hydrogens (tertiary/aromatic N) is 1. The molecule has 1 atom stereocenters. The van der Waals surface area contributed by atoms with Crippen molar-refractivity contribution in [1.82, 2.24) is 10.6 Å². The molecule has 2 N–H and O–H groups in total. The van der Waals surface area contributed by atoms with Crippen LogP contribution in [0.1, 0.15) is 30.6 Å². The Labute approximate surface area is 154 Å². The first-order valence-corrected chi connectivity index (χ1v) is 8.51. The number of benzene rings is 1. The van der Waals surface area contributed by atoms with Crippen LogP contribution in [0, 0.1) is 17.2 Å². The number of amides is 2. The number of halogens is 1. The molecule has 0 aliphatic carbocycles. The maximum atomic E-state index is 12.3. The van der Waals surface area contributed by atoms with Gasteiger partial charge in [-0.3, -0.25) is 9.59 Å². The van der Waals surface area contributed by atoms with Gasteiger partial charge in [0.2, 0.25) is 0 Å². The summed E-state index contributed by atoms with van der Waals surface area (Å²) in [6.07, 6.45) is 0.177. The van der Waals surface area contributed by atoms with Crippen LogP contribution in [0.25, 0.3) is 0 Å². The monoisotopic (exact) mass is 409 g/mol. The van der Waals surface area contributed by atoms with Crippen LogP contribution in [-0.4, -0.2) is 37.0 Å². The van der Waals surface area contributed by atoms with E-state index < -0.39 is 30.4 Å². The van der Waals surface area contributed by atoms with Gasteiger partial charge in [-0.1, -0.05) is 26.0 Å². The zero-order valence-electron chi connectivity index (χ0n) is 14.0. The predicted octanol–water partition coefficient (Wildman–Crippen LogP) is 1.78. The van der Waals surface area contributed by atoms with Crippen LogP contribution in [0.4, 0.5) is 0 Å². The topological polar surface area (TPSA) is 108 Å². The number of nitrogens with one attached hydrogen (secondary N) is 2. The molecule has 0 aromatic heterocycles. The van der Waals surface area contributed by atoms with Gasteiger partial charge in [-0.2, -0.15) is 5.26 Å². The van der Waals surface area contributed by atoms with Crippen LogP contribution < -0.4 is 10.6 Å². The van der Waals surface area contributed by atoms with Gasteiger partial charge >= 0.3 is 5.97 Å². The van der Waals surface area contributed by atoms with Gasteiger partial charge in [0.15, 0.2) is 6.61 Å². The van der Waals surface area contributed by atoms with Gasteiger partial charge in [0.05, 0.1) is 18.1 Å². The zero-order chi connectivity index (χ0) is 18.8. The van der Waals surface area contributed by atoms with E-state index in [2.05, 4.69) is 26.6 Å². The third-order valence-corrected chi connectivity index (χ3v) is 3.92. The van der Waals surface area contributed by atoms with Gasteiger partial charge in [-0.15, -0.1) is 0 Å². The highest BCUT2D eigenvalue weighted by Gasteiger charge is 2.27. The minimum atomic E-state index is -0.883. The van der Waals surface area contributed by atoms with Crippen LogP contribution in [0.3, 0.4) is 0 Å². The van der Waals surface area contributed by atoms with Crippen LogP contribution in [-0.2, 0) is 14.3 Å². The fraction of sp³-hybridized carbons (Fsp3) is 0.412. The first kappa shape index (κ1) is 20.6. The molecular weight excluding hydrogens is 390 g/mol. The molecule has 0 radical (unpaired) electrons. The number of esters is 1. The van der Waals surface area contributed by atoms with Gasteiger partial charge in [0, 0.05) is 11.0 Å². The quantitative estimate of drug-likeness (QED) is 0.502. The van der Waals surface area contributed by atoms with Crippen molar-refractivity contribution in [2.75, 3.05) is 13.2 Å². The molecule has 134 valence electrons. The highest BCUT2D eigenvalue weighted by Crippen LogP contribution is 2.16. The molecule has 0 saturated heterocycles. The van der Waals surface area contributed by atoms with Crippen molar-refractivity contribution in [2.45, 2.75) is 26.3 Å². The predicted molar refractivity (Wildman–Crippen MR) is 94.4 cm³/mol. The van der Waals surface area contributed by atoms with Crippen LogP contribution in [0.15, 0.2) is 28.7 Å².